The standard InChI is InChI=1S/C49H66N2O17/c1-22-11-14-35(66-37-20-47(8,51(60)61)42(27(6)64-37)50-46(59)62-10)23(2)16-32-33(54)17-29(21-52)19-49(32)44(57)38(45(58)68-49)43(56)48(9)31(22)13-12-30-39(48)24(3)15-25(4)40(30)67-36-18-34(55)41(26(5)63-36)65-28(7)53/h11-13,16-17,21,24-27,30-37,39-42,54-56H,14-15,18-20H2,1-10H3,(H,50,59)/b22-11+,23-16+,43-38+. The summed E-state index contributed by atoms with van der Waals surface area (Å²) in [7, 11) is 1.15. The molecule has 19 atom stereocenters. The van der Waals surface area contributed by atoms with Crippen LogP contribution in [0.15, 0.2) is 58.4 Å². The maximum Gasteiger partial charge on any atom is 0.407 e. The summed E-state index contributed by atoms with van der Waals surface area (Å²) in [5.41, 5.74) is -4.72. The molecule has 3 saturated heterocycles. The number of aliphatic hydroxyl groups is 3. The number of alkyl carbamates (subject to hydrolysis) is 1. The van der Waals surface area contributed by atoms with Crippen molar-refractivity contribution < 1.29 is 77.4 Å². The number of aliphatic hydroxyl groups excluding tert-OH is 3. The minimum Gasteiger partial charge on any atom is -0.511 e. The lowest BCUT2D eigenvalue weighted by Crippen LogP contribution is -2.65. The maximum atomic E-state index is 15.2. The van der Waals surface area contributed by atoms with Crippen LogP contribution in [0.1, 0.15) is 94.4 Å². The molecule has 19 heteroatoms. The van der Waals surface area contributed by atoms with Gasteiger partial charge in [0.2, 0.25) is 11.3 Å². The van der Waals surface area contributed by atoms with Crippen LogP contribution in [0.2, 0.25) is 0 Å². The molecular weight excluding hydrogens is 889 g/mol. The predicted octanol–water partition coefficient (Wildman–Crippen LogP) is 4.66. The number of Topliss-reactive ketones (excluding diaryl/α,β-unsaturated/α-hetero) is 1. The summed E-state index contributed by atoms with van der Waals surface area (Å²) in [5.74, 6) is -6.13. The number of hydrogen-bond acceptors (Lipinski definition) is 17. The van der Waals surface area contributed by atoms with Crippen LogP contribution in [0.3, 0.4) is 0 Å². The molecule has 0 radical (unpaired) electrons. The number of nitrogens with zero attached hydrogens (tertiary/aromatic N) is 1. The molecule has 1 spiro atoms. The zero-order valence-electron chi connectivity index (χ0n) is 40.2. The van der Waals surface area contributed by atoms with E-state index in [1.165, 1.54) is 19.9 Å². The number of ether oxygens (including phenoxy) is 7. The summed E-state index contributed by atoms with van der Waals surface area (Å²) >= 11 is 0. The fraction of sp³-hybridized carbons (Fsp3) is 0.694. The summed E-state index contributed by atoms with van der Waals surface area (Å²) in [4.78, 5) is 78.3. The van der Waals surface area contributed by atoms with Gasteiger partial charge in [-0.25, -0.2) is 9.59 Å². The Morgan fingerprint density at radius 1 is 0.956 bits per heavy atom. The van der Waals surface area contributed by atoms with E-state index < -0.39 is 148 Å². The first-order valence-corrected chi connectivity index (χ1v) is 23.5. The Morgan fingerprint density at radius 2 is 1.65 bits per heavy atom. The summed E-state index contributed by atoms with van der Waals surface area (Å²) in [6, 6.07) is -1.10. The lowest BCUT2D eigenvalue weighted by Gasteiger charge is -2.56. The molecular formula is C49H66N2O17. The van der Waals surface area contributed by atoms with Crippen molar-refractivity contribution in [3.8, 4) is 0 Å². The van der Waals surface area contributed by atoms with Crippen molar-refractivity contribution in [3.63, 3.8) is 0 Å². The van der Waals surface area contributed by atoms with Crippen LogP contribution in [-0.4, -0.2) is 130 Å². The van der Waals surface area contributed by atoms with Crippen molar-refractivity contribution in [1.29, 1.82) is 0 Å². The van der Waals surface area contributed by atoms with Gasteiger partial charge < -0.3 is 53.8 Å². The number of hydrogen-bond donors (Lipinski definition) is 4. The monoisotopic (exact) mass is 954 g/mol. The minimum absolute atomic E-state index is 0.0123. The average Bonchev–Trinajstić information content (AvgIpc) is 3.50. The van der Waals surface area contributed by atoms with Crippen molar-refractivity contribution in [2.45, 2.75) is 167 Å². The number of rotatable bonds is 8. The van der Waals surface area contributed by atoms with Crippen molar-refractivity contribution in [3.05, 3.63) is 68.5 Å². The average molecular weight is 955 g/mol. The highest BCUT2D eigenvalue weighted by molar-refractivity contribution is 6.26. The summed E-state index contributed by atoms with van der Waals surface area (Å²) in [6.45, 7) is 15.4. The zero-order chi connectivity index (χ0) is 49.9. The van der Waals surface area contributed by atoms with Crippen molar-refractivity contribution in [2.24, 2.45) is 40.9 Å². The highest BCUT2D eigenvalue weighted by Gasteiger charge is 2.65. The van der Waals surface area contributed by atoms with Crippen LogP contribution in [0, 0.1) is 51.0 Å². The molecule has 2 bridgehead atoms. The minimum atomic E-state index is -2.16. The van der Waals surface area contributed by atoms with Crippen LogP contribution >= 0.6 is 0 Å². The Hall–Kier alpha value is -4.79. The number of ketones is 1. The van der Waals surface area contributed by atoms with Gasteiger partial charge in [0.15, 0.2) is 24.3 Å². The number of carbonyl (C=O) groups is 5. The Labute approximate surface area is 395 Å². The van der Waals surface area contributed by atoms with Crippen LogP contribution in [-0.2, 0) is 52.3 Å². The van der Waals surface area contributed by atoms with E-state index in [4.69, 9.17) is 33.2 Å². The van der Waals surface area contributed by atoms with Gasteiger partial charge in [0, 0.05) is 48.9 Å². The summed E-state index contributed by atoms with van der Waals surface area (Å²) < 4.78 is 42.0. The van der Waals surface area contributed by atoms with E-state index in [-0.39, 0.29) is 36.7 Å². The van der Waals surface area contributed by atoms with Crippen LogP contribution in [0.5, 0.6) is 0 Å². The van der Waals surface area contributed by atoms with E-state index >= 15 is 4.79 Å². The second kappa shape index (κ2) is 19.2. The Morgan fingerprint density at radius 3 is 2.28 bits per heavy atom. The smallest absolute Gasteiger partial charge is 0.407 e. The molecule has 7 aliphatic rings. The number of fused-ring (bicyclic) bond motifs is 4. The van der Waals surface area contributed by atoms with Gasteiger partial charge >= 0.3 is 18.0 Å². The molecule has 3 heterocycles. The number of carbonyl (C=O) groups excluding carboxylic acids is 5. The third-order valence-electron chi connectivity index (χ3n) is 15.9. The maximum absolute atomic E-state index is 15.2. The number of amides is 1. The normalized spacial score (nSPS) is 46.4. The van der Waals surface area contributed by atoms with E-state index in [1.54, 1.807) is 26.8 Å². The SMILES string of the molecule is COC(=O)NC1C(C)OC(OC2C/C=C(\C)C3C=CC4C(OC5CC(O)C(OC(C)=O)C(C)O5)C(C)CC(C)C4C3(C)/C(O)=C3\C(=O)OC4(CC(C=O)=CC(O)C4/C=C/2C)C3=O)CC1(C)[N+](=O)[O-]. The first kappa shape index (κ1) is 51.1. The molecule has 0 aromatic rings. The quantitative estimate of drug-likeness (QED) is 0.0490. The molecule has 1 saturated carbocycles. The molecule has 7 rings (SSSR count). The fourth-order valence-corrected chi connectivity index (χ4v) is 12.7. The molecule has 374 valence electrons. The second-order valence-corrected chi connectivity index (χ2v) is 20.5. The van der Waals surface area contributed by atoms with Crippen molar-refractivity contribution >= 4 is 30.1 Å². The number of aldehydes is 1. The number of nitro groups is 1. The highest BCUT2D eigenvalue weighted by Crippen LogP contribution is 2.61. The summed E-state index contributed by atoms with van der Waals surface area (Å²) in [6.07, 6.45) is -0.261. The Kier molecular flexibility index (Phi) is 14.4. The molecule has 1 amide bonds. The molecule has 0 aromatic heterocycles. The summed E-state index contributed by atoms with van der Waals surface area (Å²) in [5, 5.41) is 51.0. The largest absolute Gasteiger partial charge is 0.511 e. The second-order valence-electron chi connectivity index (χ2n) is 20.5. The van der Waals surface area contributed by atoms with Gasteiger partial charge in [0.25, 0.3) is 0 Å². The van der Waals surface area contributed by atoms with E-state index in [9.17, 15) is 44.6 Å². The molecule has 3 aliphatic heterocycles. The van der Waals surface area contributed by atoms with Gasteiger partial charge in [-0.3, -0.25) is 24.5 Å². The van der Waals surface area contributed by atoms with Crippen LogP contribution in [0.25, 0.3) is 0 Å². The van der Waals surface area contributed by atoms with Crippen LogP contribution in [0.4, 0.5) is 4.79 Å². The van der Waals surface area contributed by atoms with Crippen molar-refractivity contribution in [2.75, 3.05) is 7.11 Å². The lowest BCUT2D eigenvalue weighted by atomic mass is 9.49. The van der Waals surface area contributed by atoms with Gasteiger partial charge in [-0.15, -0.1) is 0 Å². The molecule has 4 fully saturated rings. The van der Waals surface area contributed by atoms with E-state index in [0.717, 1.165) is 12.7 Å². The molecule has 0 aromatic carbocycles. The number of esters is 2. The topological polar surface area (TPSA) is 266 Å². The fourth-order valence-electron chi connectivity index (χ4n) is 12.7. The molecule has 4 aliphatic carbocycles. The van der Waals surface area contributed by atoms with E-state index in [1.807, 2.05) is 45.9 Å². The van der Waals surface area contributed by atoms with Gasteiger partial charge in [-0.1, -0.05) is 50.6 Å². The van der Waals surface area contributed by atoms with Gasteiger partial charge in [-0.2, -0.15) is 0 Å². The van der Waals surface area contributed by atoms with Crippen LogP contribution < -0.4 is 5.32 Å². The molecule has 4 N–H and O–H groups in total. The third kappa shape index (κ3) is 8.87. The molecule has 68 heavy (non-hydrogen) atoms. The lowest BCUT2D eigenvalue weighted by molar-refractivity contribution is -0.584. The number of allylic oxidation sites excluding steroid dienone is 3. The first-order chi connectivity index (χ1) is 31.9. The van der Waals surface area contributed by atoms with E-state index in [2.05, 4.69) is 5.32 Å². The van der Waals surface area contributed by atoms with E-state index in [0.29, 0.717) is 18.3 Å². The first-order valence-electron chi connectivity index (χ1n) is 23.5. The van der Waals surface area contributed by atoms with Gasteiger partial charge in [0.05, 0.1) is 56.1 Å². The Bertz CT molecular complexity index is 2210. The van der Waals surface area contributed by atoms with Crippen molar-refractivity contribution in [1.82, 2.24) is 5.32 Å². The third-order valence-corrected chi connectivity index (χ3v) is 15.9. The number of nitrogens with one attached hydrogen (secondary N) is 1. The molecule has 19 unspecified atom stereocenters. The number of methoxy groups -OCH3 is 1. The Balaban J connectivity index is 1.33. The van der Waals surface area contributed by atoms with Gasteiger partial charge in [0.1, 0.15) is 23.7 Å². The molecule has 19 nitrogen and oxygen atoms in total. The highest BCUT2D eigenvalue weighted by atomic mass is 16.7. The zero-order valence-corrected chi connectivity index (χ0v) is 40.2. The van der Waals surface area contributed by atoms with Gasteiger partial charge in [-0.05, 0) is 75.5 Å². The predicted molar refractivity (Wildman–Crippen MR) is 238 cm³/mol.